The predicted octanol–water partition coefficient (Wildman–Crippen LogP) is 2.93. The molecule has 2 aromatic rings. The lowest BCUT2D eigenvalue weighted by Gasteiger charge is -2.14. The molecule has 4 N–H and O–H groups in total. The summed E-state index contributed by atoms with van der Waals surface area (Å²) in [5.41, 5.74) is 2.58. The van der Waals surface area contributed by atoms with Crippen LogP contribution in [0.15, 0.2) is 14.8 Å². The van der Waals surface area contributed by atoms with Gasteiger partial charge in [0.2, 0.25) is 0 Å². The van der Waals surface area contributed by atoms with Crippen molar-refractivity contribution in [2.24, 2.45) is 9.50 Å². The van der Waals surface area contributed by atoms with E-state index in [4.69, 9.17) is 5.14 Å². The summed E-state index contributed by atoms with van der Waals surface area (Å²) < 4.78 is 16.4. The summed E-state index contributed by atoms with van der Waals surface area (Å²) in [6, 6.07) is -0.813. The van der Waals surface area contributed by atoms with E-state index in [2.05, 4.69) is 19.6 Å². The molecule has 2 rings (SSSR count). The van der Waals surface area contributed by atoms with Gasteiger partial charge in [0.25, 0.3) is 0 Å². The van der Waals surface area contributed by atoms with Crippen molar-refractivity contribution in [3.05, 3.63) is 33.7 Å². The van der Waals surface area contributed by atoms with Crippen LogP contribution in [0.4, 0.5) is 10.5 Å². The second-order valence-corrected chi connectivity index (χ2v) is 9.59. The van der Waals surface area contributed by atoms with Gasteiger partial charge in [-0.15, -0.1) is 15.7 Å². The molecular weight excluding hydrogens is 374 g/mol. The third-order valence-corrected chi connectivity index (χ3v) is 7.11. The van der Waals surface area contributed by atoms with Gasteiger partial charge >= 0.3 is 6.03 Å². The molecule has 0 radical (unpaired) electrons. The first-order chi connectivity index (χ1) is 11.8. The minimum absolute atomic E-state index is 0.125. The van der Waals surface area contributed by atoms with Gasteiger partial charge in [0.15, 0.2) is 9.92 Å². The lowest BCUT2D eigenvalue weighted by atomic mass is 10.1. The average molecular weight is 398 g/mol. The maximum atomic E-state index is 12.7. The molecule has 142 valence electrons. The Kier molecular flexibility index (Phi) is 5.52. The van der Waals surface area contributed by atoms with Crippen LogP contribution in [0.25, 0.3) is 0 Å². The fourth-order valence-electron chi connectivity index (χ4n) is 2.23. The van der Waals surface area contributed by atoms with E-state index in [9.17, 15) is 14.1 Å². The molecule has 2 amide bonds. The van der Waals surface area contributed by atoms with E-state index in [-0.39, 0.29) is 4.21 Å². The van der Waals surface area contributed by atoms with Gasteiger partial charge in [-0.1, -0.05) is 0 Å². The highest BCUT2D eigenvalue weighted by Gasteiger charge is 2.23. The van der Waals surface area contributed by atoms with Gasteiger partial charge in [-0.2, -0.15) is 0 Å². The standard InChI is InChI=1S/C16H23N5O3S2/c1-8-10(3)19-11(4)9(2)13(8)20-15(22)21-26(17,24)12-7-18-14(25-12)16(5,6)23/h7,23H,1-6H3,(H3,17,19,20,21,22,24)/t26-/m0/s1. The summed E-state index contributed by atoms with van der Waals surface area (Å²) in [6.45, 7) is 10.5. The molecule has 10 heteroatoms. The molecular formula is C16H23N5O3S2. The molecule has 2 heterocycles. The summed E-state index contributed by atoms with van der Waals surface area (Å²) in [5, 5.41) is 18.7. The number of pyridine rings is 1. The van der Waals surface area contributed by atoms with Crippen LogP contribution in [0, 0.1) is 27.7 Å². The van der Waals surface area contributed by atoms with Crippen LogP contribution in [0.5, 0.6) is 0 Å². The number of rotatable bonds is 3. The fourth-order valence-corrected chi connectivity index (χ4v) is 4.29. The van der Waals surface area contributed by atoms with Crippen LogP contribution in [0.2, 0.25) is 0 Å². The fraction of sp³-hybridized carbons (Fsp3) is 0.438. The molecule has 0 saturated carbocycles. The molecule has 0 aliphatic heterocycles. The van der Waals surface area contributed by atoms with E-state index in [1.807, 2.05) is 27.7 Å². The van der Waals surface area contributed by atoms with Crippen molar-refractivity contribution in [2.45, 2.75) is 51.4 Å². The molecule has 0 aliphatic rings. The zero-order valence-corrected chi connectivity index (χ0v) is 17.2. The van der Waals surface area contributed by atoms with E-state index >= 15 is 0 Å². The molecule has 0 unspecified atom stereocenters. The summed E-state index contributed by atoms with van der Waals surface area (Å²) in [4.78, 5) is 20.7. The van der Waals surface area contributed by atoms with E-state index in [0.29, 0.717) is 10.7 Å². The third-order valence-electron chi connectivity index (χ3n) is 3.92. The Hall–Kier alpha value is -1.88. The summed E-state index contributed by atoms with van der Waals surface area (Å²) in [5.74, 6) is 0. The summed E-state index contributed by atoms with van der Waals surface area (Å²) in [7, 11) is -3.47. The molecule has 1 atom stereocenters. The lowest BCUT2D eigenvalue weighted by Crippen LogP contribution is -2.18. The van der Waals surface area contributed by atoms with Crippen molar-refractivity contribution in [3.8, 4) is 0 Å². The molecule has 0 aliphatic carbocycles. The van der Waals surface area contributed by atoms with Gasteiger partial charge in [0.05, 0.1) is 11.9 Å². The number of carbonyl (C=O) groups is 1. The number of carbonyl (C=O) groups excluding carboxylic acids is 1. The first-order valence-corrected chi connectivity index (χ1v) is 10.2. The van der Waals surface area contributed by atoms with Crippen molar-refractivity contribution in [1.29, 1.82) is 0 Å². The van der Waals surface area contributed by atoms with Crippen LogP contribution in [0.3, 0.4) is 0 Å². The van der Waals surface area contributed by atoms with Crippen molar-refractivity contribution in [1.82, 2.24) is 9.97 Å². The lowest BCUT2D eigenvalue weighted by molar-refractivity contribution is 0.0783. The molecule has 2 aromatic heterocycles. The second kappa shape index (κ2) is 7.03. The normalized spacial score (nSPS) is 14.0. The molecule has 0 fully saturated rings. The maximum absolute atomic E-state index is 12.7. The Morgan fingerprint density at radius 2 is 1.81 bits per heavy atom. The van der Waals surface area contributed by atoms with Gasteiger partial charge in [0.1, 0.15) is 14.8 Å². The largest absolute Gasteiger partial charge is 0.383 e. The van der Waals surface area contributed by atoms with Crippen LogP contribution in [0.1, 0.15) is 41.4 Å². The number of aromatic nitrogens is 2. The third kappa shape index (κ3) is 4.26. The predicted molar refractivity (Wildman–Crippen MR) is 103 cm³/mol. The quantitative estimate of drug-likeness (QED) is 0.733. The maximum Gasteiger partial charge on any atom is 0.354 e. The molecule has 26 heavy (non-hydrogen) atoms. The molecule has 0 bridgehead atoms. The van der Waals surface area contributed by atoms with Gasteiger partial charge in [0, 0.05) is 11.4 Å². The summed E-state index contributed by atoms with van der Waals surface area (Å²) in [6.07, 6.45) is 1.27. The zero-order chi connectivity index (χ0) is 19.9. The number of aryl methyl sites for hydroxylation is 2. The average Bonchev–Trinajstić information content (AvgIpc) is 3.00. The highest BCUT2D eigenvalue weighted by Crippen LogP contribution is 2.28. The van der Waals surface area contributed by atoms with Crippen LogP contribution < -0.4 is 10.5 Å². The van der Waals surface area contributed by atoms with Crippen LogP contribution in [-0.4, -0.2) is 25.3 Å². The van der Waals surface area contributed by atoms with E-state index < -0.39 is 21.5 Å². The minimum atomic E-state index is -3.47. The van der Waals surface area contributed by atoms with Crippen molar-refractivity contribution in [2.75, 3.05) is 5.32 Å². The number of hydrogen-bond donors (Lipinski definition) is 3. The number of nitrogens with one attached hydrogen (secondary N) is 1. The van der Waals surface area contributed by atoms with E-state index in [0.717, 1.165) is 33.9 Å². The number of hydrogen-bond acceptors (Lipinski definition) is 6. The Morgan fingerprint density at radius 1 is 1.27 bits per heavy atom. The van der Waals surface area contributed by atoms with Gasteiger partial charge in [-0.3, -0.25) is 4.98 Å². The Bertz CT molecular complexity index is 956. The number of amides is 2. The highest BCUT2D eigenvalue weighted by atomic mass is 32.2. The number of anilines is 1. The number of aliphatic hydroxyl groups is 1. The van der Waals surface area contributed by atoms with Crippen molar-refractivity contribution >= 4 is 33.0 Å². The van der Waals surface area contributed by atoms with Gasteiger partial charge < -0.3 is 10.4 Å². The summed E-state index contributed by atoms with van der Waals surface area (Å²) >= 11 is 0.961. The van der Waals surface area contributed by atoms with Gasteiger partial charge in [-0.25, -0.2) is 19.1 Å². The number of thiazole rings is 1. The molecule has 0 spiro atoms. The number of nitrogens with zero attached hydrogens (tertiary/aromatic N) is 3. The van der Waals surface area contributed by atoms with Crippen molar-refractivity contribution in [3.63, 3.8) is 0 Å². The Morgan fingerprint density at radius 3 is 2.27 bits per heavy atom. The number of urea groups is 1. The molecule has 8 nitrogen and oxygen atoms in total. The topological polar surface area (TPSA) is 131 Å². The monoisotopic (exact) mass is 397 g/mol. The van der Waals surface area contributed by atoms with Crippen molar-refractivity contribution < 1.29 is 14.1 Å². The SMILES string of the molecule is Cc1nc(C)c(C)c(NC(=O)N=[S@](N)(=O)c2cnc(C(C)(C)O)s2)c1C. The van der Waals surface area contributed by atoms with Crippen LogP contribution in [-0.2, 0) is 15.5 Å². The van der Waals surface area contributed by atoms with E-state index in [1.54, 1.807) is 13.8 Å². The zero-order valence-electron chi connectivity index (χ0n) is 15.6. The smallest absolute Gasteiger partial charge is 0.354 e. The van der Waals surface area contributed by atoms with E-state index in [1.165, 1.54) is 6.20 Å². The highest BCUT2D eigenvalue weighted by molar-refractivity contribution is 7.93. The molecule has 0 saturated heterocycles. The first-order valence-electron chi connectivity index (χ1n) is 7.82. The minimum Gasteiger partial charge on any atom is -0.383 e. The Labute approximate surface area is 157 Å². The van der Waals surface area contributed by atoms with Crippen LogP contribution >= 0.6 is 11.3 Å². The van der Waals surface area contributed by atoms with Gasteiger partial charge in [-0.05, 0) is 52.7 Å². The Balaban J connectivity index is 2.37. The molecule has 0 aromatic carbocycles. The number of nitrogens with two attached hydrogens (primary N) is 1. The first kappa shape index (κ1) is 20.4. The second-order valence-electron chi connectivity index (χ2n) is 6.54.